The molecule has 2 rings (SSSR count). The van der Waals surface area contributed by atoms with Crippen molar-refractivity contribution >= 4 is 40.6 Å². The number of hydrogen-bond acceptors (Lipinski definition) is 6. The minimum absolute atomic E-state index is 0.0509. The first-order valence-corrected chi connectivity index (χ1v) is 11.0. The molecule has 2 aromatic rings. The van der Waals surface area contributed by atoms with Gasteiger partial charge >= 0.3 is 5.97 Å². The van der Waals surface area contributed by atoms with Crippen LogP contribution in [-0.2, 0) is 25.6 Å². The van der Waals surface area contributed by atoms with E-state index in [9.17, 15) is 24.3 Å². The number of H-pyrrole nitrogens is 1. The Morgan fingerprint density at radius 2 is 1.83 bits per heavy atom. The van der Waals surface area contributed by atoms with Gasteiger partial charge in [0.15, 0.2) is 5.96 Å². The van der Waals surface area contributed by atoms with Gasteiger partial charge < -0.3 is 43.2 Å². The molecule has 13 nitrogen and oxygen atoms in total. The maximum atomic E-state index is 12.3. The molecule has 0 spiro atoms. The van der Waals surface area contributed by atoms with Gasteiger partial charge in [0, 0.05) is 30.1 Å². The van der Waals surface area contributed by atoms with Crippen molar-refractivity contribution < 1.29 is 24.3 Å². The number of nitrogens with zero attached hydrogens (tertiary/aromatic N) is 1. The first-order chi connectivity index (χ1) is 16.6. The molecule has 3 amide bonds. The fourth-order valence-corrected chi connectivity index (χ4v) is 3.32. The Kier molecular flexibility index (Phi) is 10.0. The van der Waals surface area contributed by atoms with Crippen LogP contribution in [0.1, 0.15) is 25.3 Å². The van der Waals surface area contributed by atoms with Gasteiger partial charge in [-0.15, -0.1) is 0 Å². The third-order valence-electron chi connectivity index (χ3n) is 5.21. The molecule has 0 aliphatic heterocycles. The normalized spacial score (nSPS) is 13.3. The average Bonchev–Trinajstić information content (AvgIpc) is 3.22. The van der Waals surface area contributed by atoms with Crippen LogP contribution in [0.2, 0.25) is 0 Å². The molecular formula is C22H32N8O5. The number of carboxylic acids is 1. The number of amides is 3. The number of guanidine groups is 1. The number of carboxylic acid groups (broad SMARTS) is 1. The van der Waals surface area contributed by atoms with Crippen molar-refractivity contribution in [2.75, 3.05) is 13.1 Å². The van der Waals surface area contributed by atoms with Crippen molar-refractivity contribution in [3.63, 3.8) is 0 Å². The fourth-order valence-electron chi connectivity index (χ4n) is 3.32. The summed E-state index contributed by atoms with van der Waals surface area (Å²) in [6, 6.07) is 4.41. The van der Waals surface area contributed by atoms with Gasteiger partial charge in [-0.2, -0.15) is 0 Å². The number of aliphatic carboxylic acids is 1. The molecule has 3 unspecified atom stereocenters. The van der Waals surface area contributed by atoms with E-state index in [1.54, 1.807) is 6.20 Å². The molecule has 0 bridgehead atoms. The van der Waals surface area contributed by atoms with Crippen molar-refractivity contribution in [1.29, 1.82) is 0 Å². The number of para-hydroxylation sites is 1. The molecule has 1 aromatic heterocycles. The van der Waals surface area contributed by atoms with E-state index >= 15 is 0 Å². The van der Waals surface area contributed by atoms with Gasteiger partial charge in [0.25, 0.3) is 0 Å². The molecule has 0 saturated heterocycles. The highest BCUT2D eigenvalue weighted by molar-refractivity contribution is 5.92. The van der Waals surface area contributed by atoms with Crippen LogP contribution >= 0.6 is 0 Å². The van der Waals surface area contributed by atoms with Crippen LogP contribution in [0.15, 0.2) is 35.5 Å². The van der Waals surface area contributed by atoms with E-state index in [4.69, 9.17) is 17.2 Å². The summed E-state index contributed by atoms with van der Waals surface area (Å²) < 4.78 is 0. The molecule has 1 aromatic carbocycles. The summed E-state index contributed by atoms with van der Waals surface area (Å²) in [6.45, 7) is 1.31. The molecule has 190 valence electrons. The smallest absolute Gasteiger partial charge is 0.326 e. The third-order valence-corrected chi connectivity index (χ3v) is 5.21. The molecule has 11 N–H and O–H groups in total. The van der Waals surface area contributed by atoms with E-state index in [0.717, 1.165) is 16.5 Å². The number of hydrogen-bond donors (Lipinski definition) is 8. The number of fused-ring (bicyclic) bond motifs is 1. The predicted molar refractivity (Wildman–Crippen MR) is 130 cm³/mol. The molecule has 1 heterocycles. The van der Waals surface area contributed by atoms with Crippen LogP contribution in [0.4, 0.5) is 0 Å². The predicted octanol–water partition coefficient (Wildman–Crippen LogP) is -1.72. The van der Waals surface area contributed by atoms with Gasteiger partial charge in [-0.05, 0) is 31.4 Å². The molecule has 0 saturated carbocycles. The summed E-state index contributed by atoms with van der Waals surface area (Å²) in [5.41, 5.74) is 17.8. The second-order valence-electron chi connectivity index (χ2n) is 8.03. The number of aromatic amines is 1. The lowest BCUT2D eigenvalue weighted by molar-refractivity contribution is -0.141. The Morgan fingerprint density at radius 1 is 1.11 bits per heavy atom. The molecule has 13 heteroatoms. The zero-order chi connectivity index (χ0) is 26.0. The van der Waals surface area contributed by atoms with Gasteiger partial charge in [-0.1, -0.05) is 18.2 Å². The standard InChI is InChI=1S/C22H32N8O5/c1-12(29-20(33)15(23)6-4-8-26-22(24)25)19(32)28-11-18(31)30-17(21(34)35)9-13-10-27-16-7-3-2-5-14(13)16/h2-3,5,7,10,12,15,17,27H,4,6,8-9,11,23H2,1H3,(H,28,32)(H,29,33)(H,30,31)(H,34,35)(H4,24,25,26). The van der Waals surface area contributed by atoms with Crippen molar-refractivity contribution in [1.82, 2.24) is 20.9 Å². The number of benzene rings is 1. The van der Waals surface area contributed by atoms with Gasteiger partial charge in [0.2, 0.25) is 17.7 Å². The molecule has 0 aliphatic carbocycles. The van der Waals surface area contributed by atoms with Crippen LogP contribution in [0.3, 0.4) is 0 Å². The lowest BCUT2D eigenvalue weighted by Gasteiger charge is -2.18. The lowest BCUT2D eigenvalue weighted by atomic mass is 10.0. The first kappa shape index (κ1) is 27.1. The highest BCUT2D eigenvalue weighted by Crippen LogP contribution is 2.19. The lowest BCUT2D eigenvalue weighted by Crippen LogP contribution is -2.52. The number of rotatable bonds is 13. The Hall–Kier alpha value is -4.13. The van der Waals surface area contributed by atoms with E-state index in [2.05, 4.69) is 25.9 Å². The van der Waals surface area contributed by atoms with Crippen LogP contribution in [-0.4, -0.2) is 71.0 Å². The van der Waals surface area contributed by atoms with E-state index in [0.29, 0.717) is 19.4 Å². The van der Waals surface area contributed by atoms with E-state index in [1.165, 1.54) is 6.92 Å². The Balaban J connectivity index is 1.79. The monoisotopic (exact) mass is 488 g/mol. The molecule has 35 heavy (non-hydrogen) atoms. The van der Waals surface area contributed by atoms with E-state index < -0.39 is 48.4 Å². The van der Waals surface area contributed by atoms with Crippen molar-refractivity contribution in [3.05, 3.63) is 36.0 Å². The summed E-state index contributed by atoms with van der Waals surface area (Å²) in [5.74, 6) is -3.09. The average molecular weight is 489 g/mol. The Labute approximate surface area is 201 Å². The van der Waals surface area contributed by atoms with E-state index in [-0.39, 0.29) is 12.4 Å². The third kappa shape index (κ3) is 8.62. The van der Waals surface area contributed by atoms with E-state index in [1.807, 2.05) is 24.3 Å². The van der Waals surface area contributed by atoms with Crippen LogP contribution < -0.4 is 33.2 Å². The fraction of sp³-hybridized carbons (Fsp3) is 0.409. The number of nitrogens with two attached hydrogens (primary N) is 3. The number of carbonyl (C=O) groups is 4. The molecule has 0 radical (unpaired) electrons. The van der Waals surface area contributed by atoms with Crippen LogP contribution in [0, 0.1) is 0 Å². The van der Waals surface area contributed by atoms with Crippen LogP contribution in [0.5, 0.6) is 0 Å². The summed E-state index contributed by atoms with van der Waals surface area (Å²) in [4.78, 5) is 55.2. The van der Waals surface area contributed by atoms with Gasteiger partial charge in [-0.25, -0.2) is 4.79 Å². The number of carbonyl (C=O) groups excluding carboxylic acids is 3. The number of aromatic nitrogens is 1. The quantitative estimate of drug-likeness (QED) is 0.0915. The summed E-state index contributed by atoms with van der Waals surface area (Å²) in [5, 5.41) is 17.6. The largest absolute Gasteiger partial charge is 0.480 e. The van der Waals surface area contributed by atoms with Crippen LogP contribution in [0.25, 0.3) is 10.9 Å². The van der Waals surface area contributed by atoms with Crippen molar-refractivity contribution in [2.45, 2.75) is 44.3 Å². The highest BCUT2D eigenvalue weighted by Gasteiger charge is 2.23. The Bertz CT molecular complexity index is 1080. The van der Waals surface area contributed by atoms with Crippen molar-refractivity contribution in [3.8, 4) is 0 Å². The minimum Gasteiger partial charge on any atom is -0.480 e. The Morgan fingerprint density at radius 3 is 2.51 bits per heavy atom. The second kappa shape index (κ2) is 12.9. The second-order valence-corrected chi connectivity index (χ2v) is 8.03. The highest BCUT2D eigenvalue weighted by atomic mass is 16.4. The van der Waals surface area contributed by atoms with Gasteiger partial charge in [-0.3, -0.25) is 19.4 Å². The summed E-state index contributed by atoms with van der Waals surface area (Å²) >= 11 is 0. The summed E-state index contributed by atoms with van der Waals surface area (Å²) in [6.07, 6.45) is 2.56. The van der Waals surface area contributed by atoms with Gasteiger partial charge in [0.1, 0.15) is 12.1 Å². The van der Waals surface area contributed by atoms with Crippen molar-refractivity contribution in [2.24, 2.45) is 22.2 Å². The molecule has 0 fully saturated rings. The topological polar surface area (TPSA) is 231 Å². The number of nitrogens with one attached hydrogen (secondary N) is 4. The molecular weight excluding hydrogens is 456 g/mol. The molecule has 3 atom stereocenters. The SMILES string of the molecule is CC(NC(=O)C(N)CCCN=C(N)N)C(=O)NCC(=O)NC(Cc1c[nH]c2ccccc12)C(=O)O. The molecule has 0 aliphatic rings. The minimum atomic E-state index is -1.20. The zero-order valence-corrected chi connectivity index (χ0v) is 19.4. The first-order valence-electron chi connectivity index (χ1n) is 11.0. The zero-order valence-electron chi connectivity index (χ0n) is 19.4. The summed E-state index contributed by atoms with van der Waals surface area (Å²) in [7, 11) is 0. The number of aliphatic imine (C=N–C) groups is 1. The maximum absolute atomic E-state index is 12.3. The maximum Gasteiger partial charge on any atom is 0.326 e. The van der Waals surface area contributed by atoms with Gasteiger partial charge in [0.05, 0.1) is 12.6 Å².